The SMILES string of the molecule is CC1CCCC(NC(=O)c2cc(C3CC3)on2)C1. The lowest BCUT2D eigenvalue weighted by molar-refractivity contribution is 0.0912. The van der Waals surface area contributed by atoms with Crippen LogP contribution in [0.3, 0.4) is 0 Å². The lowest BCUT2D eigenvalue weighted by Crippen LogP contribution is -2.38. The first-order valence-corrected chi connectivity index (χ1v) is 7.00. The molecule has 2 fully saturated rings. The predicted molar refractivity (Wildman–Crippen MR) is 67.4 cm³/mol. The van der Waals surface area contributed by atoms with Gasteiger partial charge in [-0.3, -0.25) is 4.79 Å². The molecule has 2 atom stereocenters. The molecule has 3 rings (SSSR count). The quantitative estimate of drug-likeness (QED) is 0.894. The van der Waals surface area contributed by atoms with Crippen LogP contribution in [0.15, 0.2) is 10.6 Å². The zero-order valence-corrected chi connectivity index (χ0v) is 10.8. The van der Waals surface area contributed by atoms with Crippen LogP contribution >= 0.6 is 0 Å². The Hall–Kier alpha value is -1.32. The Morgan fingerprint density at radius 1 is 1.39 bits per heavy atom. The molecule has 0 spiro atoms. The molecule has 4 nitrogen and oxygen atoms in total. The third-order valence-electron chi connectivity index (χ3n) is 4.01. The van der Waals surface area contributed by atoms with Crippen LogP contribution in [-0.4, -0.2) is 17.1 Å². The summed E-state index contributed by atoms with van der Waals surface area (Å²) in [5.41, 5.74) is 0.440. The Bertz CT molecular complexity index is 437. The number of carbonyl (C=O) groups is 1. The Morgan fingerprint density at radius 3 is 2.94 bits per heavy atom. The summed E-state index contributed by atoms with van der Waals surface area (Å²) in [4.78, 5) is 12.0. The summed E-state index contributed by atoms with van der Waals surface area (Å²) < 4.78 is 5.21. The van der Waals surface area contributed by atoms with Crippen LogP contribution in [0, 0.1) is 5.92 Å². The highest BCUT2D eigenvalue weighted by Crippen LogP contribution is 2.40. The van der Waals surface area contributed by atoms with E-state index in [1.165, 1.54) is 12.8 Å². The lowest BCUT2D eigenvalue weighted by atomic mass is 9.87. The number of carbonyl (C=O) groups excluding carboxylic acids is 1. The van der Waals surface area contributed by atoms with E-state index in [1.807, 2.05) is 0 Å². The summed E-state index contributed by atoms with van der Waals surface area (Å²) in [6.07, 6.45) is 6.98. The molecule has 2 aliphatic rings. The van der Waals surface area contributed by atoms with Crippen LogP contribution < -0.4 is 5.32 Å². The van der Waals surface area contributed by atoms with Gasteiger partial charge in [-0.05, 0) is 31.6 Å². The second-order valence-electron chi connectivity index (χ2n) is 5.83. The Kier molecular flexibility index (Phi) is 3.10. The molecule has 18 heavy (non-hydrogen) atoms. The summed E-state index contributed by atoms with van der Waals surface area (Å²) in [7, 11) is 0. The number of nitrogens with zero attached hydrogens (tertiary/aromatic N) is 1. The Labute approximate surface area is 107 Å². The summed E-state index contributed by atoms with van der Waals surface area (Å²) in [5, 5.41) is 6.95. The van der Waals surface area contributed by atoms with Crippen LogP contribution in [0.4, 0.5) is 0 Å². The Balaban J connectivity index is 1.59. The van der Waals surface area contributed by atoms with Crippen molar-refractivity contribution in [2.45, 2.75) is 57.4 Å². The molecule has 1 aromatic heterocycles. The normalized spacial score (nSPS) is 28.1. The van der Waals surface area contributed by atoms with Crippen molar-refractivity contribution in [3.63, 3.8) is 0 Å². The number of hydrogen-bond acceptors (Lipinski definition) is 3. The van der Waals surface area contributed by atoms with Crippen molar-refractivity contribution in [1.29, 1.82) is 0 Å². The van der Waals surface area contributed by atoms with Crippen molar-refractivity contribution in [3.05, 3.63) is 17.5 Å². The van der Waals surface area contributed by atoms with Crippen molar-refractivity contribution in [2.24, 2.45) is 5.92 Å². The van der Waals surface area contributed by atoms with Gasteiger partial charge in [0, 0.05) is 18.0 Å². The fourth-order valence-corrected chi connectivity index (χ4v) is 2.78. The summed E-state index contributed by atoms with van der Waals surface area (Å²) in [5.74, 6) is 2.01. The highest BCUT2D eigenvalue weighted by atomic mass is 16.5. The van der Waals surface area contributed by atoms with Crippen molar-refractivity contribution < 1.29 is 9.32 Å². The smallest absolute Gasteiger partial charge is 0.273 e. The van der Waals surface area contributed by atoms with Gasteiger partial charge in [-0.1, -0.05) is 24.9 Å². The van der Waals surface area contributed by atoms with Crippen LogP contribution in [0.1, 0.15) is 67.6 Å². The third-order valence-corrected chi connectivity index (χ3v) is 4.01. The summed E-state index contributed by atoms with van der Waals surface area (Å²) in [6, 6.07) is 2.11. The van der Waals surface area contributed by atoms with Gasteiger partial charge in [-0.2, -0.15) is 0 Å². The largest absolute Gasteiger partial charge is 0.360 e. The fraction of sp³-hybridized carbons (Fsp3) is 0.714. The van der Waals surface area contributed by atoms with Gasteiger partial charge in [0.2, 0.25) is 0 Å². The molecule has 98 valence electrons. The molecule has 1 N–H and O–H groups in total. The first kappa shape index (κ1) is 11.8. The van der Waals surface area contributed by atoms with Crippen LogP contribution in [-0.2, 0) is 0 Å². The Morgan fingerprint density at radius 2 is 2.22 bits per heavy atom. The molecular weight excluding hydrogens is 228 g/mol. The van der Waals surface area contributed by atoms with Crippen molar-refractivity contribution in [1.82, 2.24) is 10.5 Å². The van der Waals surface area contributed by atoms with Crippen LogP contribution in [0.5, 0.6) is 0 Å². The molecule has 0 radical (unpaired) electrons. The van der Waals surface area contributed by atoms with Crippen molar-refractivity contribution in [3.8, 4) is 0 Å². The minimum Gasteiger partial charge on any atom is -0.360 e. The standard InChI is InChI=1S/C14H20N2O2/c1-9-3-2-4-11(7-9)15-14(17)12-8-13(18-16-12)10-5-6-10/h8-11H,2-7H2,1H3,(H,15,17). The molecule has 1 aromatic rings. The van der Waals surface area contributed by atoms with Gasteiger partial charge >= 0.3 is 0 Å². The average molecular weight is 248 g/mol. The molecular formula is C14H20N2O2. The van der Waals surface area contributed by atoms with E-state index < -0.39 is 0 Å². The van der Waals surface area contributed by atoms with E-state index in [0.29, 0.717) is 23.6 Å². The molecule has 1 amide bonds. The van der Waals surface area contributed by atoms with E-state index in [9.17, 15) is 4.79 Å². The molecule has 2 saturated carbocycles. The van der Waals surface area contributed by atoms with Crippen molar-refractivity contribution >= 4 is 5.91 Å². The monoisotopic (exact) mass is 248 g/mol. The van der Waals surface area contributed by atoms with E-state index in [1.54, 1.807) is 6.07 Å². The summed E-state index contributed by atoms with van der Waals surface area (Å²) in [6.45, 7) is 2.25. The molecule has 1 heterocycles. The summed E-state index contributed by atoms with van der Waals surface area (Å²) >= 11 is 0. The van der Waals surface area contributed by atoms with E-state index >= 15 is 0 Å². The molecule has 0 saturated heterocycles. The van der Waals surface area contributed by atoms with E-state index in [2.05, 4.69) is 17.4 Å². The number of amides is 1. The van der Waals surface area contributed by atoms with Gasteiger partial charge in [-0.25, -0.2) is 0 Å². The minimum absolute atomic E-state index is 0.0789. The molecule has 0 bridgehead atoms. The average Bonchev–Trinajstić information content (AvgIpc) is 3.07. The molecule has 4 heteroatoms. The number of hydrogen-bond donors (Lipinski definition) is 1. The lowest BCUT2D eigenvalue weighted by Gasteiger charge is -2.27. The maximum atomic E-state index is 12.0. The second-order valence-corrected chi connectivity index (χ2v) is 5.83. The van der Waals surface area contributed by atoms with E-state index in [0.717, 1.165) is 31.4 Å². The van der Waals surface area contributed by atoms with Gasteiger partial charge < -0.3 is 9.84 Å². The van der Waals surface area contributed by atoms with E-state index in [-0.39, 0.29) is 5.91 Å². The molecule has 0 aromatic carbocycles. The first-order chi connectivity index (χ1) is 8.72. The highest BCUT2D eigenvalue weighted by Gasteiger charge is 2.29. The maximum Gasteiger partial charge on any atom is 0.273 e. The molecule has 2 aliphatic carbocycles. The van der Waals surface area contributed by atoms with Gasteiger partial charge in [0.05, 0.1) is 0 Å². The zero-order chi connectivity index (χ0) is 12.5. The van der Waals surface area contributed by atoms with Crippen LogP contribution in [0.25, 0.3) is 0 Å². The number of rotatable bonds is 3. The zero-order valence-electron chi connectivity index (χ0n) is 10.8. The highest BCUT2D eigenvalue weighted by molar-refractivity contribution is 5.92. The predicted octanol–water partition coefficient (Wildman–Crippen LogP) is 2.86. The number of aromatic nitrogens is 1. The fourth-order valence-electron chi connectivity index (χ4n) is 2.78. The minimum atomic E-state index is -0.0789. The van der Waals surface area contributed by atoms with Gasteiger partial charge in [0.15, 0.2) is 5.69 Å². The number of nitrogens with one attached hydrogen (secondary N) is 1. The second kappa shape index (κ2) is 4.75. The van der Waals surface area contributed by atoms with Crippen molar-refractivity contribution in [2.75, 3.05) is 0 Å². The third kappa shape index (κ3) is 2.57. The van der Waals surface area contributed by atoms with Crippen LogP contribution in [0.2, 0.25) is 0 Å². The van der Waals surface area contributed by atoms with Gasteiger partial charge in [0.25, 0.3) is 5.91 Å². The first-order valence-electron chi connectivity index (χ1n) is 7.00. The topological polar surface area (TPSA) is 55.1 Å². The van der Waals surface area contributed by atoms with Gasteiger partial charge in [-0.15, -0.1) is 0 Å². The van der Waals surface area contributed by atoms with E-state index in [4.69, 9.17) is 4.52 Å². The van der Waals surface area contributed by atoms with Gasteiger partial charge in [0.1, 0.15) is 5.76 Å². The molecule has 0 aliphatic heterocycles. The maximum absolute atomic E-state index is 12.0. The molecule has 2 unspecified atom stereocenters.